The van der Waals surface area contributed by atoms with Gasteiger partial charge in [0.05, 0.1) is 26.1 Å². The second-order valence-electron chi connectivity index (χ2n) is 6.29. The van der Waals surface area contributed by atoms with Crippen molar-refractivity contribution in [2.45, 2.75) is 19.3 Å². The first-order valence-corrected chi connectivity index (χ1v) is 8.72. The van der Waals surface area contributed by atoms with E-state index in [1.54, 1.807) is 39.3 Å². The van der Waals surface area contributed by atoms with Gasteiger partial charge in [0.2, 0.25) is 5.91 Å². The van der Waals surface area contributed by atoms with Gasteiger partial charge in [0.15, 0.2) is 0 Å². The van der Waals surface area contributed by atoms with E-state index in [2.05, 4.69) is 5.32 Å². The Bertz CT molecular complexity index is 772. The molecule has 0 radical (unpaired) electrons. The van der Waals surface area contributed by atoms with Crippen molar-refractivity contribution in [2.75, 3.05) is 20.8 Å². The zero-order chi connectivity index (χ0) is 19.8. The normalized spacial score (nSPS) is 12.7. The standard InChI is InChI=1S/C21H25NO5/c1-14(15-8-10-18(26-2)11-9-15)20(23)22-13-17(21(24)25)12-16-6-4-5-7-19(16)27-3/h4-11,14,17H,12-13H2,1-3H3,(H,22,23)(H,24,25). The number of hydrogen-bond donors (Lipinski definition) is 2. The topological polar surface area (TPSA) is 84.9 Å². The Hall–Kier alpha value is -3.02. The number of carboxylic acids is 1. The lowest BCUT2D eigenvalue weighted by atomic mass is 9.97. The number of methoxy groups -OCH3 is 2. The minimum atomic E-state index is -0.960. The summed E-state index contributed by atoms with van der Waals surface area (Å²) in [7, 11) is 3.13. The van der Waals surface area contributed by atoms with E-state index in [0.29, 0.717) is 11.5 Å². The Kier molecular flexibility index (Phi) is 7.23. The highest BCUT2D eigenvalue weighted by atomic mass is 16.5. The molecule has 6 heteroatoms. The van der Waals surface area contributed by atoms with Gasteiger partial charge in [0.25, 0.3) is 0 Å². The molecule has 2 aromatic rings. The molecule has 0 aliphatic rings. The Balaban J connectivity index is 2.00. The van der Waals surface area contributed by atoms with Crippen LogP contribution in [-0.4, -0.2) is 37.7 Å². The number of hydrogen-bond acceptors (Lipinski definition) is 4. The molecule has 0 aliphatic carbocycles. The Morgan fingerprint density at radius 3 is 2.30 bits per heavy atom. The molecule has 144 valence electrons. The summed E-state index contributed by atoms with van der Waals surface area (Å²) in [6, 6.07) is 14.5. The van der Waals surface area contributed by atoms with Gasteiger partial charge in [-0.1, -0.05) is 30.3 Å². The highest BCUT2D eigenvalue weighted by Crippen LogP contribution is 2.22. The summed E-state index contributed by atoms with van der Waals surface area (Å²) in [5.41, 5.74) is 1.63. The summed E-state index contributed by atoms with van der Waals surface area (Å²) in [5, 5.41) is 12.3. The van der Waals surface area contributed by atoms with Gasteiger partial charge in [-0.15, -0.1) is 0 Å². The van der Waals surface area contributed by atoms with Crippen molar-refractivity contribution in [3.63, 3.8) is 0 Å². The predicted octanol–water partition coefficient (Wildman–Crippen LogP) is 2.87. The largest absolute Gasteiger partial charge is 0.497 e. The van der Waals surface area contributed by atoms with Crippen LogP contribution in [0.5, 0.6) is 11.5 Å². The van der Waals surface area contributed by atoms with Crippen LogP contribution in [0.2, 0.25) is 0 Å². The summed E-state index contributed by atoms with van der Waals surface area (Å²) in [5.74, 6) is -0.953. The Labute approximate surface area is 159 Å². The minimum Gasteiger partial charge on any atom is -0.497 e. The number of amides is 1. The summed E-state index contributed by atoms with van der Waals surface area (Å²) < 4.78 is 10.4. The highest BCUT2D eigenvalue weighted by Gasteiger charge is 2.22. The maximum absolute atomic E-state index is 12.4. The van der Waals surface area contributed by atoms with Gasteiger partial charge in [-0.05, 0) is 42.7 Å². The van der Waals surface area contributed by atoms with E-state index in [4.69, 9.17) is 9.47 Å². The van der Waals surface area contributed by atoms with Crippen molar-refractivity contribution >= 4 is 11.9 Å². The van der Waals surface area contributed by atoms with Crippen LogP contribution in [-0.2, 0) is 16.0 Å². The van der Waals surface area contributed by atoms with E-state index in [1.807, 2.05) is 30.3 Å². The summed E-state index contributed by atoms with van der Waals surface area (Å²) in [4.78, 5) is 24.1. The first-order chi connectivity index (χ1) is 13.0. The molecule has 0 aliphatic heterocycles. The van der Waals surface area contributed by atoms with Crippen molar-refractivity contribution < 1.29 is 24.2 Å². The number of carbonyl (C=O) groups excluding carboxylic acids is 1. The fourth-order valence-electron chi connectivity index (χ4n) is 2.80. The predicted molar refractivity (Wildman–Crippen MR) is 102 cm³/mol. The van der Waals surface area contributed by atoms with Crippen LogP contribution in [0, 0.1) is 5.92 Å². The van der Waals surface area contributed by atoms with E-state index >= 15 is 0 Å². The van der Waals surface area contributed by atoms with Gasteiger partial charge in [-0.3, -0.25) is 9.59 Å². The van der Waals surface area contributed by atoms with Crippen LogP contribution in [0.15, 0.2) is 48.5 Å². The Morgan fingerprint density at radius 1 is 1.04 bits per heavy atom. The van der Waals surface area contributed by atoms with Gasteiger partial charge < -0.3 is 19.9 Å². The lowest BCUT2D eigenvalue weighted by Crippen LogP contribution is -2.36. The molecule has 0 heterocycles. The molecule has 0 saturated heterocycles. The fraction of sp³-hybridized carbons (Fsp3) is 0.333. The van der Waals surface area contributed by atoms with Crippen LogP contribution in [0.25, 0.3) is 0 Å². The third-order valence-electron chi connectivity index (χ3n) is 4.54. The van der Waals surface area contributed by atoms with Gasteiger partial charge in [0.1, 0.15) is 11.5 Å². The maximum atomic E-state index is 12.4. The molecular formula is C21H25NO5. The number of benzene rings is 2. The van der Waals surface area contributed by atoms with E-state index in [9.17, 15) is 14.7 Å². The van der Waals surface area contributed by atoms with Gasteiger partial charge in [-0.2, -0.15) is 0 Å². The maximum Gasteiger partial charge on any atom is 0.308 e. The number of carboxylic acid groups (broad SMARTS) is 1. The van der Waals surface area contributed by atoms with Gasteiger partial charge in [0, 0.05) is 6.54 Å². The molecule has 2 atom stereocenters. The zero-order valence-corrected chi connectivity index (χ0v) is 15.8. The lowest BCUT2D eigenvalue weighted by molar-refractivity contribution is -0.141. The molecule has 0 spiro atoms. The highest BCUT2D eigenvalue weighted by molar-refractivity contribution is 5.83. The van der Waals surface area contributed by atoms with Crippen molar-refractivity contribution in [2.24, 2.45) is 5.92 Å². The average molecular weight is 371 g/mol. The quantitative estimate of drug-likeness (QED) is 0.708. The fourth-order valence-corrected chi connectivity index (χ4v) is 2.80. The second-order valence-corrected chi connectivity index (χ2v) is 6.29. The van der Waals surface area contributed by atoms with Crippen LogP contribution in [0.3, 0.4) is 0 Å². The van der Waals surface area contributed by atoms with E-state index < -0.39 is 17.8 Å². The summed E-state index contributed by atoms with van der Waals surface area (Å²) in [6.07, 6.45) is 0.274. The molecule has 6 nitrogen and oxygen atoms in total. The summed E-state index contributed by atoms with van der Waals surface area (Å²) in [6.45, 7) is 1.83. The van der Waals surface area contributed by atoms with E-state index in [1.165, 1.54) is 0 Å². The smallest absolute Gasteiger partial charge is 0.308 e. The van der Waals surface area contributed by atoms with Crippen LogP contribution in [0.1, 0.15) is 24.0 Å². The van der Waals surface area contributed by atoms with Crippen molar-refractivity contribution in [1.82, 2.24) is 5.32 Å². The molecule has 2 rings (SSSR count). The summed E-state index contributed by atoms with van der Waals surface area (Å²) >= 11 is 0. The number of aliphatic carboxylic acids is 1. The Morgan fingerprint density at radius 2 is 1.70 bits per heavy atom. The third kappa shape index (κ3) is 5.48. The molecule has 0 fully saturated rings. The first kappa shape index (κ1) is 20.3. The second kappa shape index (κ2) is 9.62. The lowest BCUT2D eigenvalue weighted by Gasteiger charge is -2.18. The third-order valence-corrected chi connectivity index (χ3v) is 4.54. The molecular weight excluding hydrogens is 346 g/mol. The molecule has 2 N–H and O–H groups in total. The van der Waals surface area contributed by atoms with Gasteiger partial charge >= 0.3 is 5.97 Å². The van der Waals surface area contributed by atoms with Crippen molar-refractivity contribution in [3.8, 4) is 11.5 Å². The van der Waals surface area contributed by atoms with Crippen LogP contribution >= 0.6 is 0 Å². The first-order valence-electron chi connectivity index (χ1n) is 8.72. The number of para-hydroxylation sites is 1. The average Bonchev–Trinajstić information content (AvgIpc) is 2.70. The SMILES string of the molecule is COc1ccc(C(C)C(=O)NCC(Cc2ccccc2OC)C(=O)O)cc1. The molecule has 0 saturated carbocycles. The van der Waals surface area contributed by atoms with Crippen LogP contribution in [0.4, 0.5) is 0 Å². The van der Waals surface area contributed by atoms with E-state index in [-0.39, 0.29) is 18.9 Å². The number of carbonyl (C=O) groups is 2. The number of rotatable bonds is 9. The molecule has 0 aromatic heterocycles. The monoisotopic (exact) mass is 371 g/mol. The van der Waals surface area contributed by atoms with Gasteiger partial charge in [-0.25, -0.2) is 0 Å². The van der Waals surface area contributed by atoms with Crippen molar-refractivity contribution in [3.05, 3.63) is 59.7 Å². The zero-order valence-electron chi connectivity index (χ0n) is 15.8. The molecule has 1 amide bonds. The number of nitrogens with one attached hydrogen (secondary N) is 1. The number of ether oxygens (including phenoxy) is 2. The molecule has 0 bridgehead atoms. The van der Waals surface area contributed by atoms with E-state index in [0.717, 1.165) is 11.1 Å². The molecule has 2 unspecified atom stereocenters. The van der Waals surface area contributed by atoms with Crippen LogP contribution < -0.4 is 14.8 Å². The molecule has 2 aromatic carbocycles. The molecule has 27 heavy (non-hydrogen) atoms. The minimum absolute atomic E-state index is 0.0483. The van der Waals surface area contributed by atoms with Crippen molar-refractivity contribution in [1.29, 1.82) is 0 Å².